The maximum absolute atomic E-state index is 13.4. The zero-order chi connectivity index (χ0) is 21.7. The Morgan fingerprint density at radius 3 is 2.31 bits per heavy atom. The van der Waals surface area contributed by atoms with Gasteiger partial charge in [0.05, 0.1) is 5.39 Å². The largest absolute Gasteiger partial charge is 0.507 e. The van der Waals surface area contributed by atoms with Gasteiger partial charge in [0.15, 0.2) is 11.5 Å². The summed E-state index contributed by atoms with van der Waals surface area (Å²) in [5, 5.41) is 41.4. The minimum atomic E-state index is -0.774. The fraction of sp³-hybridized carbons (Fsp3) is 0.261. The average Bonchev–Trinajstić information content (AvgIpc) is 2.61. The Morgan fingerprint density at radius 2 is 1.72 bits per heavy atom. The fourth-order valence-electron chi connectivity index (χ4n) is 3.43. The van der Waals surface area contributed by atoms with E-state index < -0.39 is 28.1 Å². The van der Waals surface area contributed by atoms with Crippen molar-refractivity contribution in [2.45, 2.75) is 39.5 Å². The molecule has 0 aliphatic carbocycles. The summed E-state index contributed by atoms with van der Waals surface area (Å²) in [6.07, 6.45) is 3.59. The summed E-state index contributed by atoms with van der Waals surface area (Å²) in [7, 11) is 0. The smallest absolute Gasteiger partial charge is 0.204 e. The molecule has 4 N–H and O–H groups in total. The van der Waals surface area contributed by atoms with Crippen LogP contribution in [0.25, 0.3) is 21.9 Å². The van der Waals surface area contributed by atoms with Crippen LogP contribution in [-0.4, -0.2) is 20.4 Å². The molecule has 0 saturated heterocycles. The number of phenols is 4. The molecule has 0 bridgehead atoms. The topological polar surface area (TPSA) is 111 Å². The van der Waals surface area contributed by atoms with Gasteiger partial charge < -0.3 is 24.8 Å². The highest BCUT2D eigenvalue weighted by atomic mass is 16.3. The number of hydrogen-bond donors (Lipinski definition) is 4. The summed E-state index contributed by atoms with van der Waals surface area (Å²) in [4.78, 5) is 13.4. The Balaban J connectivity index is 2.59. The van der Waals surface area contributed by atoms with Crippen LogP contribution >= 0.6 is 0 Å². The summed E-state index contributed by atoms with van der Waals surface area (Å²) in [5.41, 5.74) is 0.167. The minimum Gasteiger partial charge on any atom is -0.507 e. The Bertz CT molecular complexity index is 1240. The molecule has 0 aliphatic heterocycles. The van der Waals surface area contributed by atoms with Gasteiger partial charge in [-0.3, -0.25) is 4.79 Å². The van der Waals surface area contributed by atoms with E-state index in [4.69, 9.17) is 4.42 Å². The first-order valence-corrected chi connectivity index (χ1v) is 9.16. The van der Waals surface area contributed by atoms with Gasteiger partial charge in [0.25, 0.3) is 0 Å². The van der Waals surface area contributed by atoms with Gasteiger partial charge in [-0.2, -0.15) is 0 Å². The molecule has 29 heavy (non-hydrogen) atoms. The third kappa shape index (κ3) is 3.20. The second-order valence-electron chi connectivity index (χ2n) is 7.93. The van der Waals surface area contributed by atoms with E-state index in [1.807, 2.05) is 13.8 Å². The molecule has 0 fully saturated rings. The number of allylic oxidation sites excluding steroid dienone is 3. The van der Waals surface area contributed by atoms with E-state index in [1.54, 1.807) is 26.0 Å². The molecular formula is C23H24O6. The molecular weight excluding hydrogens is 372 g/mol. The van der Waals surface area contributed by atoms with Gasteiger partial charge in [-0.05, 0) is 20.3 Å². The molecule has 0 unspecified atom stereocenters. The number of rotatable bonds is 4. The predicted octanol–water partition coefficient (Wildman–Crippen LogP) is 4.74. The third-order valence-corrected chi connectivity index (χ3v) is 5.12. The number of aromatic hydroxyl groups is 4. The molecule has 0 amide bonds. The Labute approximate surface area is 167 Å². The van der Waals surface area contributed by atoms with E-state index in [0.717, 1.165) is 17.7 Å². The number of hydrogen-bond acceptors (Lipinski definition) is 6. The summed E-state index contributed by atoms with van der Waals surface area (Å²) in [6, 6.07) is 2.25. The molecule has 0 radical (unpaired) electrons. The maximum atomic E-state index is 13.4. The predicted molar refractivity (Wildman–Crippen MR) is 113 cm³/mol. The summed E-state index contributed by atoms with van der Waals surface area (Å²) >= 11 is 0. The normalized spacial score (nSPS) is 11.7. The highest BCUT2D eigenvalue weighted by Gasteiger charge is 2.29. The number of phenolic OH excluding ortho intramolecular Hbond substituents is 4. The van der Waals surface area contributed by atoms with E-state index in [1.165, 1.54) is 0 Å². The van der Waals surface area contributed by atoms with Crippen molar-refractivity contribution in [3.8, 4) is 23.0 Å². The van der Waals surface area contributed by atoms with Crippen molar-refractivity contribution in [3.05, 3.63) is 57.8 Å². The lowest BCUT2D eigenvalue weighted by molar-refractivity contribution is 0.400. The number of fused-ring (bicyclic) bond motifs is 2. The van der Waals surface area contributed by atoms with Crippen molar-refractivity contribution >= 4 is 21.9 Å². The maximum Gasteiger partial charge on any atom is 0.204 e. The van der Waals surface area contributed by atoms with Crippen LogP contribution in [0.5, 0.6) is 23.0 Å². The molecule has 0 spiro atoms. The lowest BCUT2D eigenvalue weighted by Gasteiger charge is -2.23. The molecule has 3 rings (SSSR count). The van der Waals surface area contributed by atoms with E-state index in [-0.39, 0.29) is 45.2 Å². The zero-order valence-electron chi connectivity index (χ0n) is 16.8. The number of benzene rings is 2. The molecule has 0 aliphatic rings. The van der Waals surface area contributed by atoms with Gasteiger partial charge in [0.1, 0.15) is 28.1 Å². The van der Waals surface area contributed by atoms with Crippen LogP contribution in [0.1, 0.15) is 38.8 Å². The molecule has 2 aromatic carbocycles. The second-order valence-corrected chi connectivity index (χ2v) is 7.93. The van der Waals surface area contributed by atoms with E-state index >= 15 is 0 Å². The first-order valence-electron chi connectivity index (χ1n) is 9.16. The summed E-state index contributed by atoms with van der Waals surface area (Å²) in [5.74, 6) is -1.51. The molecule has 1 heterocycles. The standard InChI is InChI=1S/C23H24O6/c1-6-23(4,5)19-14(25)9-13(24)18-21(28)17-12(8-7-11(2)3)20(27)15(26)10-16(17)29-22(18)19/h6-7,9-10,24-27H,1,8H2,2-5H3. The van der Waals surface area contributed by atoms with Crippen molar-refractivity contribution in [3.63, 3.8) is 0 Å². The SMILES string of the molecule is C=CC(C)(C)c1c(O)cc(O)c2c(=O)c3c(CC=C(C)C)c(O)c(O)cc3oc12. The first kappa shape index (κ1) is 20.3. The van der Waals surface area contributed by atoms with Crippen LogP contribution in [-0.2, 0) is 11.8 Å². The quantitative estimate of drug-likeness (QED) is 0.288. The van der Waals surface area contributed by atoms with E-state index in [2.05, 4.69) is 6.58 Å². The first-order chi connectivity index (χ1) is 13.5. The minimum absolute atomic E-state index is 0.00292. The van der Waals surface area contributed by atoms with Crippen LogP contribution in [0.15, 0.2) is 45.6 Å². The van der Waals surface area contributed by atoms with E-state index in [0.29, 0.717) is 0 Å². The van der Waals surface area contributed by atoms with Crippen molar-refractivity contribution in [1.29, 1.82) is 0 Å². The van der Waals surface area contributed by atoms with Gasteiger partial charge in [-0.15, -0.1) is 6.58 Å². The Morgan fingerprint density at radius 1 is 1.07 bits per heavy atom. The van der Waals surface area contributed by atoms with Gasteiger partial charge in [0.2, 0.25) is 5.43 Å². The van der Waals surface area contributed by atoms with Crippen molar-refractivity contribution in [1.82, 2.24) is 0 Å². The lowest BCUT2D eigenvalue weighted by Crippen LogP contribution is -2.16. The molecule has 152 valence electrons. The van der Waals surface area contributed by atoms with Crippen LogP contribution in [0.2, 0.25) is 0 Å². The van der Waals surface area contributed by atoms with Crippen LogP contribution < -0.4 is 5.43 Å². The zero-order valence-corrected chi connectivity index (χ0v) is 16.8. The Kier molecular flexibility index (Phi) is 4.82. The van der Waals surface area contributed by atoms with Crippen molar-refractivity contribution in [2.24, 2.45) is 0 Å². The fourth-order valence-corrected chi connectivity index (χ4v) is 3.43. The molecule has 3 aromatic rings. The van der Waals surface area contributed by atoms with Gasteiger partial charge in [-0.1, -0.05) is 31.6 Å². The lowest BCUT2D eigenvalue weighted by atomic mass is 9.82. The van der Waals surface area contributed by atoms with Crippen molar-refractivity contribution < 1.29 is 24.8 Å². The van der Waals surface area contributed by atoms with Gasteiger partial charge in [0, 0.05) is 28.7 Å². The second kappa shape index (κ2) is 6.88. The summed E-state index contributed by atoms with van der Waals surface area (Å²) < 4.78 is 5.93. The highest BCUT2D eigenvalue weighted by Crippen LogP contribution is 2.43. The Hall–Kier alpha value is -3.41. The molecule has 0 atom stereocenters. The highest BCUT2D eigenvalue weighted by molar-refractivity contribution is 5.98. The van der Waals surface area contributed by atoms with Crippen LogP contribution in [0.4, 0.5) is 0 Å². The summed E-state index contributed by atoms with van der Waals surface area (Å²) in [6.45, 7) is 11.1. The van der Waals surface area contributed by atoms with E-state index in [9.17, 15) is 25.2 Å². The molecule has 0 saturated carbocycles. The molecule has 6 nitrogen and oxygen atoms in total. The average molecular weight is 396 g/mol. The molecule has 1 aromatic heterocycles. The van der Waals surface area contributed by atoms with Gasteiger partial charge in [-0.25, -0.2) is 0 Å². The van der Waals surface area contributed by atoms with Gasteiger partial charge >= 0.3 is 0 Å². The monoisotopic (exact) mass is 396 g/mol. The van der Waals surface area contributed by atoms with Crippen LogP contribution in [0, 0.1) is 0 Å². The van der Waals surface area contributed by atoms with Crippen molar-refractivity contribution in [2.75, 3.05) is 0 Å². The molecule has 6 heteroatoms. The third-order valence-electron chi connectivity index (χ3n) is 5.12. The van der Waals surface area contributed by atoms with Crippen LogP contribution in [0.3, 0.4) is 0 Å².